The van der Waals surface area contributed by atoms with E-state index in [2.05, 4.69) is 17.1 Å². The van der Waals surface area contributed by atoms with Crippen LogP contribution in [0.4, 0.5) is 0 Å². The van der Waals surface area contributed by atoms with Gasteiger partial charge < -0.3 is 19.2 Å². The highest BCUT2D eigenvalue weighted by Crippen LogP contribution is 2.51. The maximum Gasteiger partial charge on any atom is 0.454 e. The van der Waals surface area contributed by atoms with Crippen LogP contribution < -0.4 is 9.47 Å². The minimum atomic E-state index is -0.667. The highest BCUT2D eigenvalue weighted by Gasteiger charge is 2.44. The van der Waals surface area contributed by atoms with E-state index in [1.807, 2.05) is 18.5 Å². The lowest BCUT2D eigenvalue weighted by atomic mass is 9.79. The fraction of sp³-hybridized carbons (Fsp3) is 0.476. The molecule has 5 rings (SSSR count). The van der Waals surface area contributed by atoms with Gasteiger partial charge in [-0.3, -0.25) is 4.98 Å². The Morgan fingerprint density at radius 3 is 2.85 bits per heavy atom. The number of hydrogen-bond donors (Lipinski definition) is 1. The molecule has 1 saturated carbocycles. The number of rotatable bonds is 3. The summed E-state index contributed by atoms with van der Waals surface area (Å²) in [5, 5.41) is 9.68. The first kappa shape index (κ1) is 17.1. The number of fused-ring (bicyclic) bond motifs is 1. The van der Waals surface area contributed by atoms with Crippen molar-refractivity contribution in [1.29, 1.82) is 0 Å². The molecule has 2 aliphatic heterocycles. The van der Waals surface area contributed by atoms with Crippen LogP contribution in [-0.2, 0) is 11.1 Å². The summed E-state index contributed by atoms with van der Waals surface area (Å²) in [6, 6.07) is 6.30. The van der Waals surface area contributed by atoms with Gasteiger partial charge in [-0.1, -0.05) is 6.07 Å². The molecule has 2 aromatic rings. The van der Waals surface area contributed by atoms with Crippen LogP contribution in [0, 0.1) is 0 Å². The van der Waals surface area contributed by atoms with Gasteiger partial charge in [0.25, 0.3) is 0 Å². The lowest BCUT2D eigenvalue weighted by molar-refractivity contribution is 0.0996. The van der Waals surface area contributed by atoms with Gasteiger partial charge in [0, 0.05) is 42.5 Å². The van der Waals surface area contributed by atoms with Crippen LogP contribution in [0.2, 0.25) is 6.32 Å². The SMILES string of the molecule is COc1ccc(-c2cncc([C@H]3COB(O)C3)c2)c2c1OC1(CCCC1)C2. The molecular formula is C21H24BNO4. The van der Waals surface area contributed by atoms with Crippen LogP contribution in [0.1, 0.15) is 42.7 Å². The molecule has 0 amide bonds. The van der Waals surface area contributed by atoms with Gasteiger partial charge in [-0.2, -0.15) is 0 Å². The van der Waals surface area contributed by atoms with E-state index in [4.69, 9.17) is 14.1 Å². The van der Waals surface area contributed by atoms with Crippen molar-refractivity contribution in [2.45, 2.75) is 49.9 Å². The molecule has 1 N–H and O–H groups in total. The summed E-state index contributed by atoms with van der Waals surface area (Å²) in [6.07, 6.45) is 10.0. The van der Waals surface area contributed by atoms with Gasteiger partial charge >= 0.3 is 7.12 Å². The third-order valence-electron chi connectivity index (χ3n) is 6.29. The van der Waals surface area contributed by atoms with Crippen LogP contribution in [-0.4, -0.2) is 36.4 Å². The number of aromatic nitrogens is 1. The number of methoxy groups -OCH3 is 1. The average molecular weight is 365 g/mol. The second-order valence-corrected chi connectivity index (χ2v) is 8.02. The highest BCUT2D eigenvalue weighted by molar-refractivity contribution is 6.43. The number of ether oxygens (including phenoxy) is 2. The molecule has 0 radical (unpaired) electrons. The van der Waals surface area contributed by atoms with Gasteiger partial charge in [-0.25, -0.2) is 0 Å². The summed E-state index contributed by atoms with van der Waals surface area (Å²) in [5.41, 5.74) is 4.55. The van der Waals surface area contributed by atoms with Gasteiger partial charge in [-0.15, -0.1) is 0 Å². The fourth-order valence-electron chi connectivity index (χ4n) is 4.87. The summed E-state index contributed by atoms with van der Waals surface area (Å²) in [5.74, 6) is 1.91. The first-order chi connectivity index (χ1) is 13.2. The number of nitrogens with zero attached hydrogens (tertiary/aromatic N) is 1. The minimum Gasteiger partial charge on any atom is -0.493 e. The smallest absolute Gasteiger partial charge is 0.454 e. The second-order valence-electron chi connectivity index (χ2n) is 8.02. The van der Waals surface area contributed by atoms with E-state index in [1.165, 1.54) is 24.0 Å². The highest BCUT2D eigenvalue weighted by atomic mass is 16.5. The molecule has 1 aliphatic carbocycles. The van der Waals surface area contributed by atoms with Crippen molar-refractivity contribution in [3.63, 3.8) is 0 Å². The maximum atomic E-state index is 9.68. The molecule has 0 unspecified atom stereocenters. The standard InChI is InChI=1S/C21H24BNO4/c1-25-19-5-4-17(18-9-21(27-20(18)19)6-2-3-7-21)15-8-14(11-23-12-15)16-10-22(24)26-13-16/h4-5,8,11-12,16,24H,2-3,6-7,9-10,13H2,1H3/t16-/m1/s1. The Hall–Kier alpha value is -2.05. The predicted octanol–water partition coefficient (Wildman–Crippen LogP) is 3.60. The van der Waals surface area contributed by atoms with Gasteiger partial charge in [0.1, 0.15) is 5.60 Å². The lowest BCUT2D eigenvalue weighted by Crippen LogP contribution is -2.30. The van der Waals surface area contributed by atoms with Gasteiger partial charge in [-0.05, 0) is 55.3 Å². The maximum absolute atomic E-state index is 9.68. The summed E-state index contributed by atoms with van der Waals surface area (Å²) in [7, 11) is 1.03. The normalized spacial score (nSPS) is 22.9. The lowest BCUT2D eigenvalue weighted by Gasteiger charge is -2.22. The third kappa shape index (κ3) is 2.91. The monoisotopic (exact) mass is 365 g/mol. The molecule has 0 bridgehead atoms. The van der Waals surface area contributed by atoms with Crippen LogP contribution in [0.3, 0.4) is 0 Å². The summed E-state index contributed by atoms with van der Waals surface area (Å²) < 4.78 is 17.4. The molecule has 3 heterocycles. The number of pyridine rings is 1. The van der Waals surface area contributed by atoms with Crippen molar-refractivity contribution in [3.05, 3.63) is 41.7 Å². The quantitative estimate of drug-likeness (QED) is 0.843. The van der Waals surface area contributed by atoms with Crippen molar-refractivity contribution in [2.75, 3.05) is 13.7 Å². The molecule has 1 spiro atoms. The Balaban J connectivity index is 1.54. The molecule has 1 aromatic heterocycles. The van der Waals surface area contributed by atoms with Crippen LogP contribution >= 0.6 is 0 Å². The predicted molar refractivity (Wildman–Crippen MR) is 103 cm³/mol. The van der Waals surface area contributed by atoms with E-state index < -0.39 is 7.12 Å². The summed E-state index contributed by atoms with van der Waals surface area (Å²) in [4.78, 5) is 4.48. The van der Waals surface area contributed by atoms with E-state index in [9.17, 15) is 5.02 Å². The topological polar surface area (TPSA) is 60.8 Å². The van der Waals surface area contributed by atoms with Crippen LogP contribution in [0.5, 0.6) is 11.5 Å². The third-order valence-corrected chi connectivity index (χ3v) is 6.29. The zero-order chi connectivity index (χ0) is 18.4. The van der Waals surface area contributed by atoms with E-state index in [-0.39, 0.29) is 11.5 Å². The van der Waals surface area contributed by atoms with Gasteiger partial charge in [0.2, 0.25) is 0 Å². The Labute approximate surface area is 159 Å². The molecule has 6 heteroatoms. The van der Waals surface area contributed by atoms with Crippen LogP contribution in [0.25, 0.3) is 11.1 Å². The first-order valence-corrected chi connectivity index (χ1v) is 9.81. The van der Waals surface area contributed by atoms with E-state index in [1.54, 1.807) is 7.11 Å². The molecule has 2 fully saturated rings. The molecule has 140 valence electrons. The minimum absolute atomic E-state index is 0.0554. The molecule has 27 heavy (non-hydrogen) atoms. The Kier molecular flexibility index (Phi) is 4.13. The molecule has 1 atom stereocenters. The van der Waals surface area contributed by atoms with Crippen molar-refractivity contribution in [2.24, 2.45) is 0 Å². The average Bonchev–Trinajstić information content (AvgIpc) is 3.41. The molecule has 5 nitrogen and oxygen atoms in total. The Morgan fingerprint density at radius 2 is 2.11 bits per heavy atom. The van der Waals surface area contributed by atoms with E-state index in [0.717, 1.165) is 41.9 Å². The van der Waals surface area contributed by atoms with Crippen molar-refractivity contribution in [1.82, 2.24) is 4.98 Å². The second kappa shape index (κ2) is 6.53. The Morgan fingerprint density at radius 1 is 1.26 bits per heavy atom. The molecule has 3 aliphatic rings. The largest absolute Gasteiger partial charge is 0.493 e. The summed E-state index contributed by atoms with van der Waals surface area (Å²) >= 11 is 0. The zero-order valence-corrected chi connectivity index (χ0v) is 15.6. The van der Waals surface area contributed by atoms with Crippen molar-refractivity contribution in [3.8, 4) is 22.6 Å². The van der Waals surface area contributed by atoms with Gasteiger partial charge in [0.05, 0.1) is 7.11 Å². The first-order valence-electron chi connectivity index (χ1n) is 9.81. The fourth-order valence-corrected chi connectivity index (χ4v) is 4.87. The zero-order valence-electron chi connectivity index (χ0n) is 15.6. The molecular weight excluding hydrogens is 341 g/mol. The van der Waals surface area contributed by atoms with E-state index >= 15 is 0 Å². The molecule has 1 aromatic carbocycles. The summed E-state index contributed by atoms with van der Waals surface area (Å²) in [6.45, 7) is 0.541. The van der Waals surface area contributed by atoms with E-state index in [0.29, 0.717) is 12.9 Å². The number of benzene rings is 1. The molecule has 1 saturated heterocycles. The van der Waals surface area contributed by atoms with Crippen molar-refractivity contribution >= 4 is 7.12 Å². The van der Waals surface area contributed by atoms with Gasteiger partial charge in [0.15, 0.2) is 11.5 Å². The Bertz CT molecular complexity index is 865. The van der Waals surface area contributed by atoms with Crippen molar-refractivity contribution < 1.29 is 19.2 Å². The van der Waals surface area contributed by atoms with Crippen LogP contribution in [0.15, 0.2) is 30.6 Å². The number of hydrogen-bond acceptors (Lipinski definition) is 5.